The smallest absolute Gasteiger partial charge is 0.255 e. The van der Waals surface area contributed by atoms with Gasteiger partial charge in [0.05, 0.1) is 30.4 Å². The number of benzene rings is 1. The maximum Gasteiger partial charge on any atom is 0.255 e. The summed E-state index contributed by atoms with van der Waals surface area (Å²) in [6, 6.07) is 5.39. The first-order valence-electron chi connectivity index (χ1n) is 5.77. The fourth-order valence-corrected chi connectivity index (χ4v) is 1.69. The van der Waals surface area contributed by atoms with Crippen LogP contribution in [-0.2, 0) is 4.74 Å². The minimum absolute atomic E-state index is 0.0125. The minimum Gasteiger partial charge on any atom is -0.394 e. The number of carbonyl (C=O) groups excluding carboxylic acids is 1. The summed E-state index contributed by atoms with van der Waals surface area (Å²) in [4.78, 5) is 13.7. The second-order valence-electron chi connectivity index (χ2n) is 4.00. The molecule has 0 saturated carbocycles. The van der Waals surface area contributed by atoms with E-state index in [0.29, 0.717) is 23.7 Å². The monoisotopic (exact) mass is 271 g/mol. The standard InChI is InChI=1S/C13H18ClNO3/c1-10-4-3-5-11(12(10)14)13(17)15(2)6-8-18-9-7-16/h3-5,16H,6-9H2,1-2H3. The first-order chi connectivity index (χ1) is 8.57. The van der Waals surface area contributed by atoms with Crippen molar-refractivity contribution in [2.75, 3.05) is 33.4 Å². The zero-order valence-electron chi connectivity index (χ0n) is 10.6. The van der Waals surface area contributed by atoms with Gasteiger partial charge in [0.2, 0.25) is 0 Å². The molecule has 0 heterocycles. The molecule has 0 fully saturated rings. The summed E-state index contributed by atoms with van der Waals surface area (Å²) in [5.41, 5.74) is 1.38. The molecule has 0 radical (unpaired) electrons. The van der Waals surface area contributed by atoms with Crippen LogP contribution in [0.3, 0.4) is 0 Å². The zero-order chi connectivity index (χ0) is 13.5. The summed E-state index contributed by atoms with van der Waals surface area (Å²) in [7, 11) is 1.70. The highest BCUT2D eigenvalue weighted by molar-refractivity contribution is 6.34. The van der Waals surface area contributed by atoms with Crippen molar-refractivity contribution in [3.05, 3.63) is 34.3 Å². The maximum atomic E-state index is 12.1. The molecule has 0 unspecified atom stereocenters. The number of aryl methyl sites for hydroxylation is 1. The molecule has 0 atom stereocenters. The number of hydrogen-bond donors (Lipinski definition) is 1. The molecule has 1 amide bonds. The quantitative estimate of drug-likeness (QED) is 0.802. The van der Waals surface area contributed by atoms with Crippen LogP contribution in [0.4, 0.5) is 0 Å². The number of halogens is 1. The van der Waals surface area contributed by atoms with Crippen molar-refractivity contribution in [3.63, 3.8) is 0 Å². The third-order valence-electron chi connectivity index (χ3n) is 2.58. The Labute approximate surface area is 112 Å². The predicted molar refractivity (Wildman–Crippen MR) is 71.1 cm³/mol. The van der Waals surface area contributed by atoms with Gasteiger partial charge in [-0.15, -0.1) is 0 Å². The van der Waals surface area contributed by atoms with E-state index < -0.39 is 0 Å². The van der Waals surface area contributed by atoms with Crippen LogP contribution in [0.2, 0.25) is 5.02 Å². The lowest BCUT2D eigenvalue weighted by molar-refractivity contribution is 0.0618. The SMILES string of the molecule is Cc1cccc(C(=O)N(C)CCOCCO)c1Cl. The van der Waals surface area contributed by atoms with Gasteiger partial charge >= 0.3 is 0 Å². The Morgan fingerprint density at radius 2 is 2.17 bits per heavy atom. The van der Waals surface area contributed by atoms with Gasteiger partial charge in [-0.2, -0.15) is 0 Å². The average molecular weight is 272 g/mol. The van der Waals surface area contributed by atoms with Crippen molar-refractivity contribution in [2.45, 2.75) is 6.92 Å². The molecule has 0 spiro atoms. The molecule has 1 aromatic rings. The zero-order valence-corrected chi connectivity index (χ0v) is 11.4. The normalized spacial score (nSPS) is 10.4. The van der Waals surface area contributed by atoms with Gasteiger partial charge in [-0.25, -0.2) is 0 Å². The van der Waals surface area contributed by atoms with Gasteiger partial charge in [0, 0.05) is 13.6 Å². The largest absolute Gasteiger partial charge is 0.394 e. The lowest BCUT2D eigenvalue weighted by Gasteiger charge is -2.18. The number of aliphatic hydroxyl groups excluding tert-OH is 1. The van der Waals surface area contributed by atoms with E-state index in [1.54, 1.807) is 18.0 Å². The molecule has 100 valence electrons. The minimum atomic E-state index is -0.128. The summed E-state index contributed by atoms with van der Waals surface area (Å²) in [6.45, 7) is 2.99. The fraction of sp³-hybridized carbons (Fsp3) is 0.462. The van der Waals surface area contributed by atoms with E-state index in [4.69, 9.17) is 21.4 Å². The van der Waals surface area contributed by atoms with Gasteiger partial charge in [-0.1, -0.05) is 23.7 Å². The molecular weight excluding hydrogens is 254 g/mol. The molecule has 18 heavy (non-hydrogen) atoms. The van der Waals surface area contributed by atoms with Crippen molar-refractivity contribution < 1.29 is 14.6 Å². The molecule has 4 nitrogen and oxygen atoms in total. The fourth-order valence-electron chi connectivity index (χ4n) is 1.49. The van der Waals surface area contributed by atoms with Crippen LogP contribution in [0.25, 0.3) is 0 Å². The van der Waals surface area contributed by atoms with Crippen molar-refractivity contribution in [1.82, 2.24) is 4.90 Å². The molecule has 1 aromatic carbocycles. The van der Waals surface area contributed by atoms with Crippen molar-refractivity contribution in [1.29, 1.82) is 0 Å². The highest BCUT2D eigenvalue weighted by atomic mass is 35.5. The Hall–Kier alpha value is -1.10. The van der Waals surface area contributed by atoms with Crippen molar-refractivity contribution in [3.8, 4) is 0 Å². The molecule has 5 heteroatoms. The van der Waals surface area contributed by atoms with E-state index in [1.165, 1.54) is 0 Å². The number of ether oxygens (including phenoxy) is 1. The van der Waals surface area contributed by atoms with Crippen LogP contribution in [0, 0.1) is 6.92 Å². The lowest BCUT2D eigenvalue weighted by atomic mass is 10.1. The van der Waals surface area contributed by atoms with Gasteiger partial charge in [-0.3, -0.25) is 4.79 Å². The van der Waals surface area contributed by atoms with Gasteiger partial charge in [-0.05, 0) is 18.6 Å². The number of hydrogen-bond acceptors (Lipinski definition) is 3. The highest BCUT2D eigenvalue weighted by Crippen LogP contribution is 2.21. The Bertz CT molecular complexity index is 409. The summed E-state index contributed by atoms with van der Waals surface area (Å²) in [5.74, 6) is -0.128. The van der Waals surface area contributed by atoms with E-state index in [0.717, 1.165) is 5.56 Å². The number of amides is 1. The predicted octanol–water partition coefficient (Wildman–Crippen LogP) is 1.73. The molecule has 0 aliphatic rings. The van der Waals surface area contributed by atoms with E-state index >= 15 is 0 Å². The maximum absolute atomic E-state index is 12.1. The number of aliphatic hydroxyl groups is 1. The van der Waals surface area contributed by atoms with Crippen LogP contribution in [0.1, 0.15) is 15.9 Å². The number of nitrogens with zero attached hydrogens (tertiary/aromatic N) is 1. The van der Waals surface area contributed by atoms with Crippen LogP contribution in [0.5, 0.6) is 0 Å². The Kier molecular flexibility index (Phi) is 6.12. The Morgan fingerprint density at radius 1 is 1.44 bits per heavy atom. The van der Waals surface area contributed by atoms with Crippen LogP contribution < -0.4 is 0 Å². The number of carbonyl (C=O) groups is 1. The van der Waals surface area contributed by atoms with Gasteiger partial charge in [0.1, 0.15) is 0 Å². The molecule has 0 aliphatic heterocycles. The van der Waals surface area contributed by atoms with Crippen LogP contribution >= 0.6 is 11.6 Å². The first kappa shape index (κ1) is 15.0. The van der Waals surface area contributed by atoms with Gasteiger partial charge < -0.3 is 14.7 Å². The van der Waals surface area contributed by atoms with Crippen molar-refractivity contribution in [2.24, 2.45) is 0 Å². The second kappa shape index (κ2) is 7.36. The van der Waals surface area contributed by atoms with E-state index in [-0.39, 0.29) is 19.1 Å². The Morgan fingerprint density at radius 3 is 2.83 bits per heavy atom. The van der Waals surface area contributed by atoms with Gasteiger partial charge in [0.15, 0.2) is 0 Å². The molecular formula is C13H18ClNO3. The van der Waals surface area contributed by atoms with Crippen LogP contribution in [-0.4, -0.2) is 49.3 Å². The molecule has 1 rings (SSSR count). The number of rotatable bonds is 6. The summed E-state index contributed by atoms with van der Waals surface area (Å²) in [6.07, 6.45) is 0. The van der Waals surface area contributed by atoms with E-state index in [9.17, 15) is 4.79 Å². The highest BCUT2D eigenvalue weighted by Gasteiger charge is 2.15. The average Bonchev–Trinajstić information content (AvgIpc) is 2.37. The number of likely N-dealkylation sites (N-methyl/N-ethyl adjacent to an activating group) is 1. The van der Waals surface area contributed by atoms with Crippen LogP contribution in [0.15, 0.2) is 18.2 Å². The van der Waals surface area contributed by atoms with E-state index in [1.807, 2.05) is 19.1 Å². The first-order valence-corrected chi connectivity index (χ1v) is 6.15. The third-order valence-corrected chi connectivity index (χ3v) is 3.08. The summed E-state index contributed by atoms with van der Waals surface area (Å²) in [5, 5.41) is 9.05. The van der Waals surface area contributed by atoms with Gasteiger partial charge in [0.25, 0.3) is 5.91 Å². The van der Waals surface area contributed by atoms with Crippen molar-refractivity contribution >= 4 is 17.5 Å². The molecule has 0 saturated heterocycles. The summed E-state index contributed by atoms with van der Waals surface area (Å²) < 4.78 is 5.12. The third kappa shape index (κ3) is 3.98. The summed E-state index contributed by atoms with van der Waals surface area (Å²) >= 11 is 6.10. The molecule has 1 N–H and O–H groups in total. The second-order valence-corrected chi connectivity index (χ2v) is 4.38. The lowest BCUT2D eigenvalue weighted by Crippen LogP contribution is -2.30. The Balaban J connectivity index is 2.60. The molecule has 0 aromatic heterocycles. The van der Waals surface area contributed by atoms with E-state index in [2.05, 4.69) is 0 Å². The molecule has 0 aliphatic carbocycles. The molecule has 0 bridgehead atoms. The topological polar surface area (TPSA) is 49.8 Å².